The van der Waals surface area contributed by atoms with Crippen LogP contribution in [0.5, 0.6) is 0 Å². The van der Waals surface area contributed by atoms with Crippen LogP contribution in [0.15, 0.2) is 0 Å². The third-order valence-corrected chi connectivity index (χ3v) is 14.3. The smallest absolute Gasteiger partial charge is 0.261 e. The van der Waals surface area contributed by atoms with Crippen LogP contribution >= 0.6 is 63.1 Å². The summed E-state index contributed by atoms with van der Waals surface area (Å²) in [6.45, 7) is 4.03. The Morgan fingerprint density at radius 1 is 1.07 bits per heavy atom. The van der Waals surface area contributed by atoms with Crippen LogP contribution in [-0.2, 0) is 4.57 Å². The highest BCUT2D eigenvalue weighted by Gasteiger charge is 2.44. The molecule has 0 radical (unpaired) electrons. The summed E-state index contributed by atoms with van der Waals surface area (Å²) < 4.78 is 10.6. The molecule has 0 aliphatic rings. The molecule has 0 rings (SSSR count). The van der Waals surface area contributed by atoms with Gasteiger partial charge in [-0.1, -0.05) is 71.4 Å². The summed E-state index contributed by atoms with van der Waals surface area (Å²) in [7, 11) is 0. The lowest BCUT2D eigenvalue weighted by molar-refractivity contribution is 0.594. The number of hydrogen-bond donors (Lipinski definition) is 0. The third-order valence-electron chi connectivity index (χ3n) is 1.24. The monoisotopic (exact) mass is 314 g/mol. The zero-order valence-corrected chi connectivity index (χ0v) is 12.9. The number of alkyl halides is 3. The van der Waals surface area contributed by atoms with E-state index in [0.29, 0.717) is 0 Å². The molecule has 0 aromatic rings. The average molecular weight is 316 g/mol. The molecule has 0 unspecified atom stereocenters. The van der Waals surface area contributed by atoms with Crippen LogP contribution < -0.4 is 0 Å². The van der Waals surface area contributed by atoms with E-state index in [1.807, 2.05) is 13.8 Å². The van der Waals surface area contributed by atoms with Crippen molar-refractivity contribution in [3.05, 3.63) is 0 Å². The Morgan fingerprint density at radius 2 is 1.43 bits per heavy atom. The molecule has 0 aliphatic heterocycles. The third kappa shape index (κ3) is 5.23. The molecule has 86 valence electrons. The van der Waals surface area contributed by atoms with Gasteiger partial charge in [-0.2, -0.15) is 0 Å². The van der Waals surface area contributed by atoms with Gasteiger partial charge in [0.05, 0.1) is 0 Å². The van der Waals surface area contributed by atoms with Gasteiger partial charge < -0.3 is 0 Å². The van der Waals surface area contributed by atoms with E-state index in [4.69, 9.17) is 34.8 Å². The van der Waals surface area contributed by atoms with Crippen molar-refractivity contribution in [2.45, 2.75) is 30.2 Å². The van der Waals surface area contributed by atoms with E-state index in [9.17, 15) is 4.57 Å². The molecular formula is C7H14Cl3OPS2. The van der Waals surface area contributed by atoms with Crippen molar-refractivity contribution in [2.75, 3.05) is 11.5 Å². The average Bonchev–Trinajstić information content (AvgIpc) is 2.09. The molecule has 0 amide bonds. The first kappa shape index (κ1) is 15.8. The van der Waals surface area contributed by atoms with Gasteiger partial charge in [0, 0.05) is 11.5 Å². The highest BCUT2D eigenvalue weighted by Crippen LogP contribution is 2.80. The second-order valence-corrected chi connectivity index (χ2v) is 14.0. The van der Waals surface area contributed by atoms with E-state index in [0.717, 1.165) is 24.3 Å². The SMILES string of the molecule is CCCSP(=O)(SCCC)C(Cl)(Cl)Cl. The minimum absolute atomic E-state index is 0.766. The minimum atomic E-state index is -2.81. The highest BCUT2D eigenvalue weighted by molar-refractivity contribution is 8.91. The number of rotatable bonds is 6. The molecule has 0 N–H and O–H groups in total. The maximum Gasteiger partial charge on any atom is 0.261 e. The summed E-state index contributed by atoms with van der Waals surface area (Å²) in [5.41, 5.74) is -2.81. The molecule has 0 aromatic heterocycles. The first-order valence-corrected chi connectivity index (χ1v) is 10.4. The van der Waals surface area contributed by atoms with Crippen molar-refractivity contribution in [3.8, 4) is 0 Å². The Labute approximate surface area is 109 Å². The topological polar surface area (TPSA) is 17.1 Å². The molecular weight excluding hydrogens is 302 g/mol. The predicted octanol–water partition coefficient (Wildman–Crippen LogP) is 5.79. The molecule has 0 spiro atoms. The highest BCUT2D eigenvalue weighted by atomic mass is 35.6. The van der Waals surface area contributed by atoms with Gasteiger partial charge >= 0.3 is 0 Å². The van der Waals surface area contributed by atoms with Crippen molar-refractivity contribution in [3.63, 3.8) is 0 Å². The molecule has 0 aliphatic carbocycles. The summed E-state index contributed by atoms with van der Waals surface area (Å²) in [5, 5.41) is 0. The van der Waals surface area contributed by atoms with E-state index in [1.54, 1.807) is 0 Å². The van der Waals surface area contributed by atoms with Gasteiger partial charge in [0.2, 0.25) is 5.55 Å². The van der Waals surface area contributed by atoms with Gasteiger partial charge in [-0.3, -0.25) is 4.57 Å². The second kappa shape index (κ2) is 7.19. The van der Waals surface area contributed by atoms with Gasteiger partial charge in [-0.25, -0.2) is 0 Å². The van der Waals surface area contributed by atoms with Crippen molar-refractivity contribution in [1.29, 1.82) is 0 Å². The van der Waals surface area contributed by atoms with E-state index in [2.05, 4.69) is 0 Å². The van der Waals surface area contributed by atoms with Crippen LogP contribution in [0.25, 0.3) is 0 Å². The van der Waals surface area contributed by atoms with Crippen molar-refractivity contribution < 1.29 is 4.57 Å². The quantitative estimate of drug-likeness (QED) is 0.456. The van der Waals surface area contributed by atoms with Gasteiger partial charge in [0.1, 0.15) is 0 Å². The summed E-state index contributed by atoms with van der Waals surface area (Å²) in [6, 6.07) is 0. The Kier molecular flexibility index (Phi) is 8.11. The predicted molar refractivity (Wildman–Crippen MR) is 73.4 cm³/mol. The lowest BCUT2D eigenvalue weighted by Crippen LogP contribution is -1.99. The second-order valence-electron chi connectivity index (χ2n) is 2.63. The van der Waals surface area contributed by atoms with Crippen LogP contribution in [-0.4, -0.2) is 15.0 Å². The molecule has 7 heteroatoms. The van der Waals surface area contributed by atoms with Gasteiger partial charge in [-0.05, 0) is 12.8 Å². The molecule has 0 aromatic carbocycles. The van der Waals surface area contributed by atoms with Crippen molar-refractivity contribution >= 4 is 63.1 Å². The van der Waals surface area contributed by atoms with Crippen LogP contribution in [0, 0.1) is 0 Å². The first-order valence-electron chi connectivity index (χ1n) is 4.33. The molecule has 0 saturated heterocycles. The number of hydrogen-bond acceptors (Lipinski definition) is 3. The summed E-state index contributed by atoms with van der Waals surface area (Å²) in [6.07, 6.45) is 1.87. The Hall–Kier alpha value is 1.80. The maximum atomic E-state index is 12.3. The Bertz CT molecular complexity index is 196. The van der Waals surface area contributed by atoms with Crippen LogP contribution in [0.1, 0.15) is 26.7 Å². The lowest BCUT2D eigenvalue weighted by atomic mass is 10.6. The molecule has 0 saturated carbocycles. The lowest BCUT2D eigenvalue weighted by Gasteiger charge is -2.23. The summed E-state index contributed by atoms with van der Waals surface area (Å²) in [4.78, 5) is 0. The molecule has 0 bridgehead atoms. The molecule has 0 fully saturated rings. The fourth-order valence-electron chi connectivity index (χ4n) is 0.607. The maximum absolute atomic E-state index is 12.3. The molecule has 0 heterocycles. The van der Waals surface area contributed by atoms with Crippen LogP contribution in [0.4, 0.5) is 0 Å². The standard InChI is InChI=1S/C7H14Cl3OPS2/c1-3-5-13-12(11,7(8,9)10)14-6-4-2/h3-6H2,1-2H3. The normalized spacial score (nSPS) is 13.2. The van der Waals surface area contributed by atoms with Crippen molar-refractivity contribution in [1.82, 2.24) is 0 Å². The first-order chi connectivity index (χ1) is 6.37. The molecule has 1 nitrogen and oxygen atoms in total. The zero-order valence-electron chi connectivity index (χ0n) is 8.13. The molecule has 14 heavy (non-hydrogen) atoms. The fraction of sp³-hybridized carbons (Fsp3) is 1.00. The van der Waals surface area contributed by atoms with E-state index in [1.165, 1.54) is 22.8 Å². The largest absolute Gasteiger partial charge is 0.296 e. The Balaban J connectivity index is 4.43. The summed E-state index contributed by atoms with van der Waals surface area (Å²) >= 11 is 19.8. The van der Waals surface area contributed by atoms with E-state index >= 15 is 0 Å². The summed E-state index contributed by atoms with van der Waals surface area (Å²) in [5.74, 6) is 1.53. The van der Waals surface area contributed by atoms with Gasteiger partial charge in [-0.15, -0.1) is 0 Å². The van der Waals surface area contributed by atoms with E-state index in [-0.39, 0.29) is 0 Å². The number of halogens is 3. The fourth-order valence-corrected chi connectivity index (χ4v) is 10.1. The molecule has 0 atom stereocenters. The zero-order chi connectivity index (χ0) is 11.2. The van der Waals surface area contributed by atoms with Crippen molar-refractivity contribution in [2.24, 2.45) is 0 Å². The Morgan fingerprint density at radius 3 is 1.64 bits per heavy atom. The van der Waals surface area contributed by atoms with Crippen LogP contribution in [0.2, 0.25) is 0 Å². The van der Waals surface area contributed by atoms with Crippen LogP contribution in [0.3, 0.4) is 0 Å². The minimum Gasteiger partial charge on any atom is -0.296 e. The van der Waals surface area contributed by atoms with Gasteiger partial charge in [0.15, 0.2) is 0 Å². The van der Waals surface area contributed by atoms with E-state index < -0.39 is 9.08 Å². The van der Waals surface area contributed by atoms with Gasteiger partial charge in [0.25, 0.3) is 3.53 Å².